The van der Waals surface area contributed by atoms with Gasteiger partial charge in [-0.2, -0.15) is 0 Å². The molecular weight excluding hydrogens is 268 g/mol. The fourth-order valence-electron chi connectivity index (χ4n) is 1.92. The lowest BCUT2D eigenvalue weighted by Gasteiger charge is -2.21. The Balaban J connectivity index is 2.30. The first-order valence-corrected chi connectivity index (χ1v) is 6.35. The molecule has 0 N–H and O–H groups in total. The number of hydrogen-bond acceptors (Lipinski definition) is 3. The number of nitro benzene ring substituents is 1. The quantitative estimate of drug-likeness (QED) is 0.479. The van der Waals surface area contributed by atoms with Crippen LogP contribution in [0.2, 0.25) is 0 Å². The van der Waals surface area contributed by atoms with Crippen molar-refractivity contribution in [2.45, 2.75) is 0 Å². The maximum Gasteiger partial charge on any atom is 0.269 e. The summed E-state index contributed by atoms with van der Waals surface area (Å²) in [5, 5.41) is 10.6. The van der Waals surface area contributed by atoms with Gasteiger partial charge >= 0.3 is 0 Å². The van der Waals surface area contributed by atoms with Crippen molar-refractivity contribution in [1.29, 1.82) is 0 Å². The van der Waals surface area contributed by atoms with E-state index in [1.165, 1.54) is 24.3 Å². The largest absolute Gasteiger partial charge is 0.305 e. The van der Waals surface area contributed by atoms with Gasteiger partial charge in [0, 0.05) is 29.9 Å². The molecule has 0 bridgehead atoms. The highest BCUT2D eigenvalue weighted by Crippen LogP contribution is 2.18. The van der Waals surface area contributed by atoms with Gasteiger partial charge in [-0.25, -0.2) is 0 Å². The number of anilines is 1. The van der Waals surface area contributed by atoms with E-state index in [4.69, 9.17) is 0 Å². The van der Waals surface area contributed by atoms with Gasteiger partial charge in [0.05, 0.1) is 4.92 Å². The topological polar surface area (TPSA) is 63.5 Å². The Labute approximate surface area is 122 Å². The molecule has 21 heavy (non-hydrogen) atoms. The minimum Gasteiger partial charge on any atom is -0.305 e. The molecule has 2 rings (SSSR count). The first kappa shape index (κ1) is 14.5. The molecule has 2 aromatic carbocycles. The molecule has 0 aromatic heterocycles. The number of benzene rings is 2. The molecule has 0 aliphatic rings. The molecule has 106 valence electrons. The zero-order chi connectivity index (χ0) is 15.2. The van der Waals surface area contributed by atoms with E-state index in [0.717, 1.165) is 5.69 Å². The third-order valence-corrected chi connectivity index (χ3v) is 2.95. The predicted molar refractivity (Wildman–Crippen MR) is 81.4 cm³/mol. The summed E-state index contributed by atoms with van der Waals surface area (Å²) in [6.07, 6.45) is 1.64. The van der Waals surface area contributed by atoms with Crippen LogP contribution in [0.1, 0.15) is 10.4 Å². The van der Waals surface area contributed by atoms with E-state index in [-0.39, 0.29) is 11.6 Å². The minimum atomic E-state index is -0.493. The zero-order valence-electron chi connectivity index (χ0n) is 11.3. The van der Waals surface area contributed by atoms with Crippen molar-refractivity contribution in [2.24, 2.45) is 0 Å². The van der Waals surface area contributed by atoms with E-state index in [0.29, 0.717) is 12.1 Å². The van der Waals surface area contributed by atoms with Crippen LogP contribution >= 0.6 is 0 Å². The first-order chi connectivity index (χ1) is 10.1. The summed E-state index contributed by atoms with van der Waals surface area (Å²) in [4.78, 5) is 24.2. The molecule has 0 heterocycles. The second kappa shape index (κ2) is 6.47. The van der Waals surface area contributed by atoms with Gasteiger partial charge in [-0.15, -0.1) is 6.58 Å². The van der Waals surface area contributed by atoms with Crippen molar-refractivity contribution in [3.63, 3.8) is 0 Å². The van der Waals surface area contributed by atoms with Crippen molar-refractivity contribution in [1.82, 2.24) is 0 Å². The molecule has 0 spiro atoms. The Morgan fingerprint density at radius 1 is 1.14 bits per heavy atom. The first-order valence-electron chi connectivity index (χ1n) is 6.35. The van der Waals surface area contributed by atoms with E-state index in [2.05, 4.69) is 6.58 Å². The van der Waals surface area contributed by atoms with Gasteiger partial charge < -0.3 is 4.90 Å². The van der Waals surface area contributed by atoms with Crippen molar-refractivity contribution >= 4 is 17.3 Å². The lowest BCUT2D eigenvalue weighted by molar-refractivity contribution is -0.384. The highest BCUT2D eigenvalue weighted by molar-refractivity contribution is 6.06. The summed E-state index contributed by atoms with van der Waals surface area (Å²) in [6, 6.07) is 14.8. The molecule has 0 saturated heterocycles. The van der Waals surface area contributed by atoms with Gasteiger partial charge in [-0.1, -0.05) is 24.3 Å². The molecule has 0 radical (unpaired) electrons. The summed E-state index contributed by atoms with van der Waals surface area (Å²) in [5.74, 6) is -0.226. The van der Waals surface area contributed by atoms with Crippen molar-refractivity contribution in [3.8, 4) is 0 Å². The van der Waals surface area contributed by atoms with Crippen LogP contribution in [0.5, 0.6) is 0 Å². The van der Waals surface area contributed by atoms with Gasteiger partial charge in [0.1, 0.15) is 0 Å². The lowest BCUT2D eigenvalue weighted by Crippen LogP contribution is -2.30. The van der Waals surface area contributed by atoms with Gasteiger partial charge in [0.15, 0.2) is 0 Å². The third-order valence-electron chi connectivity index (χ3n) is 2.95. The molecule has 2 aromatic rings. The average molecular weight is 282 g/mol. The van der Waals surface area contributed by atoms with Crippen LogP contribution < -0.4 is 4.90 Å². The SMILES string of the molecule is C=CCN(C(=O)c1ccc([N+](=O)[O-])cc1)c1ccccc1. The number of carbonyl (C=O) groups excluding carboxylic acids is 1. The maximum absolute atomic E-state index is 12.5. The monoisotopic (exact) mass is 282 g/mol. The molecule has 0 saturated carbocycles. The maximum atomic E-state index is 12.5. The van der Waals surface area contributed by atoms with Gasteiger partial charge in [-0.3, -0.25) is 14.9 Å². The minimum absolute atomic E-state index is 0.0402. The Morgan fingerprint density at radius 3 is 2.29 bits per heavy atom. The van der Waals surface area contributed by atoms with Gasteiger partial charge in [-0.05, 0) is 24.3 Å². The molecule has 0 aliphatic carbocycles. The molecular formula is C16H14N2O3. The number of rotatable bonds is 5. The Morgan fingerprint density at radius 2 is 1.76 bits per heavy atom. The summed E-state index contributed by atoms with van der Waals surface area (Å²) < 4.78 is 0. The number of non-ortho nitro benzene ring substituents is 1. The van der Waals surface area contributed by atoms with Gasteiger partial charge in [0.2, 0.25) is 0 Å². The lowest BCUT2D eigenvalue weighted by atomic mass is 10.1. The van der Waals surface area contributed by atoms with Crippen LogP contribution in [0.15, 0.2) is 67.3 Å². The Hall–Kier alpha value is -2.95. The van der Waals surface area contributed by atoms with E-state index >= 15 is 0 Å². The molecule has 1 amide bonds. The van der Waals surface area contributed by atoms with Crippen molar-refractivity contribution in [3.05, 3.63) is 82.9 Å². The van der Waals surface area contributed by atoms with Crippen LogP contribution in [0.3, 0.4) is 0 Å². The zero-order valence-corrected chi connectivity index (χ0v) is 11.3. The van der Waals surface area contributed by atoms with E-state index in [9.17, 15) is 14.9 Å². The number of para-hydroxylation sites is 1. The number of nitro groups is 1. The van der Waals surface area contributed by atoms with E-state index < -0.39 is 4.92 Å². The molecule has 0 atom stereocenters. The van der Waals surface area contributed by atoms with Crippen LogP contribution in [-0.2, 0) is 0 Å². The van der Waals surface area contributed by atoms with Crippen LogP contribution in [0, 0.1) is 10.1 Å². The molecule has 5 heteroatoms. The third kappa shape index (κ3) is 3.33. The van der Waals surface area contributed by atoms with Crippen LogP contribution in [0.25, 0.3) is 0 Å². The number of hydrogen-bond donors (Lipinski definition) is 0. The summed E-state index contributed by atoms with van der Waals surface area (Å²) in [6.45, 7) is 4.02. The molecule has 0 fully saturated rings. The Bertz CT molecular complexity index is 651. The normalized spacial score (nSPS) is 9.90. The highest BCUT2D eigenvalue weighted by Gasteiger charge is 2.17. The standard InChI is InChI=1S/C16H14N2O3/c1-2-12-17(14-6-4-3-5-7-14)16(19)13-8-10-15(11-9-13)18(20)21/h2-11H,1,12H2. The summed E-state index contributed by atoms with van der Waals surface area (Å²) >= 11 is 0. The predicted octanol–water partition coefficient (Wildman–Crippen LogP) is 3.43. The summed E-state index contributed by atoms with van der Waals surface area (Å²) in [7, 11) is 0. The van der Waals surface area contributed by atoms with E-state index in [1.54, 1.807) is 11.0 Å². The molecule has 0 aliphatic heterocycles. The highest BCUT2D eigenvalue weighted by atomic mass is 16.6. The van der Waals surface area contributed by atoms with Crippen LogP contribution in [0.4, 0.5) is 11.4 Å². The molecule has 5 nitrogen and oxygen atoms in total. The average Bonchev–Trinajstić information content (AvgIpc) is 2.53. The van der Waals surface area contributed by atoms with Crippen molar-refractivity contribution in [2.75, 3.05) is 11.4 Å². The molecule has 0 unspecified atom stereocenters. The smallest absolute Gasteiger partial charge is 0.269 e. The number of carbonyl (C=O) groups is 1. The second-order valence-corrected chi connectivity index (χ2v) is 4.34. The van der Waals surface area contributed by atoms with Crippen molar-refractivity contribution < 1.29 is 9.72 Å². The van der Waals surface area contributed by atoms with E-state index in [1.807, 2.05) is 30.3 Å². The van der Waals surface area contributed by atoms with Gasteiger partial charge in [0.25, 0.3) is 11.6 Å². The fraction of sp³-hybridized carbons (Fsp3) is 0.0625. The number of amides is 1. The van der Waals surface area contributed by atoms with Crippen LogP contribution in [-0.4, -0.2) is 17.4 Å². The number of nitrogens with zero attached hydrogens (tertiary/aromatic N) is 2. The second-order valence-electron chi connectivity index (χ2n) is 4.34. The fourth-order valence-corrected chi connectivity index (χ4v) is 1.92. The Kier molecular flexibility index (Phi) is 4.46. The summed E-state index contributed by atoms with van der Waals surface area (Å²) in [5.41, 5.74) is 1.11.